The third kappa shape index (κ3) is 3.60. The van der Waals surface area contributed by atoms with Gasteiger partial charge >= 0.3 is 0 Å². The summed E-state index contributed by atoms with van der Waals surface area (Å²) in [6.45, 7) is 2.59. The summed E-state index contributed by atoms with van der Waals surface area (Å²) in [5.41, 5.74) is 1.68. The SMILES string of the molecule is CCCOc1cccc(C2c3c(oc4ccccc4c3=O)C(=O)N2c2ccc(OC)c(Cl)c2)c1. The van der Waals surface area contributed by atoms with E-state index in [0.29, 0.717) is 45.3 Å². The number of ether oxygens (including phenoxy) is 2. The minimum atomic E-state index is -0.710. The van der Waals surface area contributed by atoms with Crippen molar-refractivity contribution >= 4 is 34.2 Å². The first-order chi connectivity index (χ1) is 16.5. The van der Waals surface area contributed by atoms with Crippen molar-refractivity contribution < 1.29 is 18.7 Å². The summed E-state index contributed by atoms with van der Waals surface area (Å²) in [7, 11) is 1.52. The van der Waals surface area contributed by atoms with E-state index in [1.807, 2.05) is 31.2 Å². The molecule has 5 rings (SSSR count). The van der Waals surface area contributed by atoms with Crippen LogP contribution >= 0.6 is 11.6 Å². The molecule has 1 aromatic heterocycles. The van der Waals surface area contributed by atoms with Gasteiger partial charge in [-0.25, -0.2) is 0 Å². The Kier molecular flexibility index (Phi) is 5.75. The highest BCUT2D eigenvalue weighted by molar-refractivity contribution is 6.32. The predicted molar refractivity (Wildman–Crippen MR) is 131 cm³/mol. The predicted octanol–water partition coefficient (Wildman–Crippen LogP) is 5.99. The van der Waals surface area contributed by atoms with Crippen molar-refractivity contribution in [3.8, 4) is 11.5 Å². The molecule has 0 saturated heterocycles. The molecule has 4 aromatic rings. The summed E-state index contributed by atoms with van der Waals surface area (Å²) in [4.78, 5) is 28.9. The molecule has 34 heavy (non-hydrogen) atoms. The molecule has 3 aromatic carbocycles. The first-order valence-electron chi connectivity index (χ1n) is 11.0. The van der Waals surface area contributed by atoms with Crippen molar-refractivity contribution in [1.82, 2.24) is 0 Å². The molecule has 1 atom stereocenters. The van der Waals surface area contributed by atoms with Crippen LogP contribution in [0.3, 0.4) is 0 Å². The van der Waals surface area contributed by atoms with Crippen molar-refractivity contribution in [3.05, 3.63) is 98.9 Å². The van der Waals surface area contributed by atoms with Gasteiger partial charge in [-0.15, -0.1) is 0 Å². The lowest BCUT2D eigenvalue weighted by molar-refractivity contribution is 0.0971. The molecule has 0 saturated carbocycles. The Morgan fingerprint density at radius 2 is 1.85 bits per heavy atom. The van der Waals surface area contributed by atoms with Gasteiger partial charge in [0.05, 0.1) is 35.7 Å². The highest BCUT2D eigenvalue weighted by Gasteiger charge is 2.44. The van der Waals surface area contributed by atoms with Crippen molar-refractivity contribution in [2.75, 3.05) is 18.6 Å². The number of carbonyl (C=O) groups excluding carboxylic acids is 1. The average Bonchev–Trinajstić information content (AvgIpc) is 3.15. The smallest absolute Gasteiger partial charge is 0.295 e. The van der Waals surface area contributed by atoms with Crippen LogP contribution in [0.5, 0.6) is 11.5 Å². The van der Waals surface area contributed by atoms with E-state index in [9.17, 15) is 9.59 Å². The molecule has 1 aliphatic heterocycles. The van der Waals surface area contributed by atoms with Crippen LogP contribution in [-0.2, 0) is 0 Å². The largest absolute Gasteiger partial charge is 0.495 e. The zero-order chi connectivity index (χ0) is 23.8. The number of anilines is 1. The maximum Gasteiger partial charge on any atom is 0.295 e. The molecular formula is C27H22ClNO5. The van der Waals surface area contributed by atoms with Crippen molar-refractivity contribution in [3.63, 3.8) is 0 Å². The fraction of sp³-hybridized carbons (Fsp3) is 0.185. The summed E-state index contributed by atoms with van der Waals surface area (Å²) in [6, 6.07) is 18.7. The van der Waals surface area contributed by atoms with Crippen LogP contribution in [0.2, 0.25) is 5.02 Å². The van der Waals surface area contributed by atoms with Gasteiger partial charge in [0.25, 0.3) is 5.91 Å². The van der Waals surface area contributed by atoms with Crippen LogP contribution in [0.25, 0.3) is 11.0 Å². The lowest BCUT2D eigenvalue weighted by atomic mass is 9.98. The summed E-state index contributed by atoms with van der Waals surface area (Å²) >= 11 is 6.39. The van der Waals surface area contributed by atoms with Gasteiger partial charge < -0.3 is 13.9 Å². The first kappa shape index (κ1) is 22.0. The van der Waals surface area contributed by atoms with Crippen molar-refractivity contribution in [2.24, 2.45) is 0 Å². The highest BCUT2D eigenvalue weighted by atomic mass is 35.5. The highest BCUT2D eigenvalue weighted by Crippen LogP contribution is 2.43. The third-order valence-electron chi connectivity index (χ3n) is 5.84. The van der Waals surface area contributed by atoms with Gasteiger partial charge in [0.1, 0.15) is 17.1 Å². The van der Waals surface area contributed by atoms with Crippen LogP contribution in [0.15, 0.2) is 75.9 Å². The zero-order valence-electron chi connectivity index (χ0n) is 18.7. The van der Waals surface area contributed by atoms with E-state index in [2.05, 4.69) is 0 Å². The minimum Gasteiger partial charge on any atom is -0.495 e. The number of nitrogens with zero attached hydrogens (tertiary/aromatic N) is 1. The lowest BCUT2D eigenvalue weighted by Crippen LogP contribution is -2.29. The Bertz CT molecular complexity index is 1460. The van der Waals surface area contributed by atoms with E-state index in [1.54, 1.807) is 47.4 Å². The number of rotatable bonds is 6. The number of hydrogen-bond donors (Lipinski definition) is 0. The fourth-order valence-corrected chi connectivity index (χ4v) is 4.55. The number of benzene rings is 3. The molecule has 0 aliphatic carbocycles. The Morgan fingerprint density at radius 1 is 1.03 bits per heavy atom. The number of carbonyl (C=O) groups is 1. The number of amides is 1. The Hall–Kier alpha value is -3.77. The van der Waals surface area contributed by atoms with Gasteiger partial charge in [0.2, 0.25) is 5.76 Å². The summed E-state index contributed by atoms with van der Waals surface area (Å²) in [6.07, 6.45) is 0.862. The standard InChI is InChI=1S/C27H22ClNO5/c1-3-13-33-18-8-6-7-16(14-18)24-23-25(30)19-9-4-5-10-21(19)34-26(23)27(31)29(24)17-11-12-22(32-2)20(28)15-17/h4-12,14-15,24H,3,13H2,1-2H3. The molecule has 0 N–H and O–H groups in total. The molecule has 0 spiro atoms. The number of hydrogen-bond acceptors (Lipinski definition) is 5. The number of halogens is 1. The minimum absolute atomic E-state index is 0.0283. The molecule has 2 heterocycles. The van der Waals surface area contributed by atoms with Gasteiger partial charge in [-0.3, -0.25) is 14.5 Å². The number of para-hydroxylation sites is 1. The Morgan fingerprint density at radius 3 is 2.62 bits per heavy atom. The van der Waals surface area contributed by atoms with Crippen LogP contribution in [-0.4, -0.2) is 19.6 Å². The van der Waals surface area contributed by atoms with E-state index in [0.717, 1.165) is 12.0 Å². The maximum atomic E-state index is 13.7. The van der Waals surface area contributed by atoms with E-state index in [4.69, 9.17) is 25.5 Å². The summed E-state index contributed by atoms with van der Waals surface area (Å²) < 4.78 is 17.1. The maximum absolute atomic E-state index is 13.7. The van der Waals surface area contributed by atoms with Crippen molar-refractivity contribution in [1.29, 1.82) is 0 Å². The zero-order valence-corrected chi connectivity index (χ0v) is 19.5. The van der Waals surface area contributed by atoms with E-state index in [1.165, 1.54) is 7.11 Å². The number of methoxy groups -OCH3 is 1. The Balaban J connectivity index is 1.74. The van der Waals surface area contributed by atoms with Crippen LogP contribution in [0.1, 0.15) is 41.1 Å². The second kappa shape index (κ2) is 8.88. The topological polar surface area (TPSA) is 69.0 Å². The van der Waals surface area contributed by atoms with E-state index in [-0.39, 0.29) is 11.2 Å². The van der Waals surface area contributed by atoms with Gasteiger partial charge in [0.15, 0.2) is 5.43 Å². The molecule has 1 unspecified atom stereocenters. The first-order valence-corrected chi connectivity index (χ1v) is 11.4. The van der Waals surface area contributed by atoms with Crippen LogP contribution < -0.4 is 19.8 Å². The van der Waals surface area contributed by atoms with Gasteiger partial charge in [-0.2, -0.15) is 0 Å². The molecule has 7 heteroatoms. The quantitative estimate of drug-likeness (QED) is 0.342. The second-order valence-corrected chi connectivity index (χ2v) is 8.39. The average molecular weight is 476 g/mol. The number of fused-ring (bicyclic) bond motifs is 2. The van der Waals surface area contributed by atoms with Crippen LogP contribution in [0.4, 0.5) is 5.69 Å². The third-order valence-corrected chi connectivity index (χ3v) is 6.13. The molecule has 1 amide bonds. The molecule has 0 bridgehead atoms. The van der Waals surface area contributed by atoms with Crippen LogP contribution in [0, 0.1) is 0 Å². The monoisotopic (exact) mass is 475 g/mol. The molecule has 6 nitrogen and oxygen atoms in total. The van der Waals surface area contributed by atoms with Crippen molar-refractivity contribution in [2.45, 2.75) is 19.4 Å². The lowest BCUT2D eigenvalue weighted by Gasteiger charge is -2.26. The summed E-state index contributed by atoms with van der Waals surface area (Å²) in [5, 5.41) is 0.777. The van der Waals surface area contributed by atoms with E-state index < -0.39 is 11.9 Å². The van der Waals surface area contributed by atoms with Gasteiger partial charge in [-0.05, 0) is 54.4 Å². The normalized spacial score (nSPS) is 15.0. The Labute approximate surface area is 201 Å². The molecular weight excluding hydrogens is 454 g/mol. The van der Waals surface area contributed by atoms with E-state index >= 15 is 0 Å². The van der Waals surface area contributed by atoms with Gasteiger partial charge in [-0.1, -0.05) is 42.8 Å². The van der Waals surface area contributed by atoms with Gasteiger partial charge in [0, 0.05) is 5.69 Å². The molecule has 0 fully saturated rings. The second-order valence-electron chi connectivity index (χ2n) is 7.99. The summed E-state index contributed by atoms with van der Waals surface area (Å²) in [5.74, 6) is 0.767. The fourth-order valence-electron chi connectivity index (χ4n) is 4.30. The molecule has 1 aliphatic rings. The molecule has 0 radical (unpaired) electrons. The molecule has 172 valence electrons.